The van der Waals surface area contributed by atoms with Crippen LogP contribution in [0.3, 0.4) is 0 Å². The maximum absolute atomic E-state index is 12.6. The second-order valence-corrected chi connectivity index (χ2v) is 8.36. The number of aromatic amines is 1. The zero-order chi connectivity index (χ0) is 19.1. The van der Waals surface area contributed by atoms with E-state index in [2.05, 4.69) is 44.3 Å². The fourth-order valence-corrected chi connectivity index (χ4v) is 5.57. The second kappa shape index (κ2) is 6.97. The third kappa shape index (κ3) is 2.68. The zero-order valence-electron chi connectivity index (χ0n) is 16.0. The van der Waals surface area contributed by atoms with Crippen LogP contribution in [-0.2, 0) is 5.41 Å². The Bertz CT molecular complexity index is 838. The number of hydrogen-bond donors (Lipinski definition) is 2. The van der Waals surface area contributed by atoms with Crippen molar-refractivity contribution in [2.24, 2.45) is 0 Å². The van der Waals surface area contributed by atoms with Gasteiger partial charge in [0.25, 0.3) is 5.91 Å². The summed E-state index contributed by atoms with van der Waals surface area (Å²) >= 11 is 0. The van der Waals surface area contributed by atoms with Crippen LogP contribution < -0.4 is 0 Å². The molecule has 2 atom stereocenters. The van der Waals surface area contributed by atoms with Crippen LogP contribution in [0.2, 0.25) is 0 Å². The van der Waals surface area contributed by atoms with Gasteiger partial charge in [0.1, 0.15) is 6.33 Å². The third-order valence-corrected chi connectivity index (χ3v) is 7.03. The number of nitrogens with zero attached hydrogens (tertiary/aromatic N) is 4. The van der Waals surface area contributed by atoms with Gasteiger partial charge in [-0.25, -0.2) is 4.98 Å². The predicted molar refractivity (Wildman–Crippen MR) is 104 cm³/mol. The highest BCUT2D eigenvalue weighted by atomic mass is 16.3. The Morgan fingerprint density at radius 2 is 1.86 bits per heavy atom. The van der Waals surface area contributed by atoms with Gasteiger partial charge < -0.3 is 10.0 Å². The first-order chi connectivity index (χ1) is 13.7. The van der Waals surface area contributed by atoms with Gasteiger partial charge in [-0.15, -0.1) is 0 Å². The Labute approximate surface area is 164 Å². The number of aliphatic hydroxyl groups is 1. The van der Waals surface area contributed by atoms with E-state index < -0.39 is 6.10 Å². The molecule has 7 heteroatoms. The van der Waals surface area contributed by atoms with Crippen LogP contribution in [0.25, 0.3) is 0 Å². The molecule has 0 radical (unpaired) electrons. The average molecular weight is 381 g/mol. The summed E-state index contributed by atoms with van der Waals surface area (Å²) in [5.74, 6) is 0.176. The lowest BCUT2D eigenvalue weighted by Gasteiger charge is -2.44. The molecule has 5 rings (SSSR count). The summed E-state index contributed by atoms with van der Waals surface area (Å²) in [6.07, 6.45) is 6.18. The Balaban J connectivity index is 1.41. The van der Waals surface area contributed by atoms with Crippen molar-refractivity contribution >= 4 is 5.91 Å². The lowest BCUT2D eigenvalue weighted by molar-refractivity contribution is -0.0186. The molecule has 2 N–H and O–H groups in total. The molecule has 3 heterocycles. The minimum atomic E-state index is -0.425. The Kier molecular flexibility index (Phi) is 4.44. The molecule has 2 fully saturated rings. The van der Waals surface area contributed by atoms with Crippen molar-refractivity contribution in [3.8, 4) is 0 Å². The van der Waals surface area contributed by atoms with E-state index in [9.17, 15) is 9.90 Å². The molecule has 1 spiro atoms. The van der Waals surface area contributed by atoms with E-state index in [4.69, 9.17) is 0 Å². The highest BCUT2D eigenvalue weighted by molar-refractivity contribution is 5.90. The summed E-state index contributed by atoms with van der Waals surface area (Å²) in [7, 11) is 0. The Hall–Kier alpha value is -2.25. The minimum absolute atomic E-state index is 0.0769. The van der Waals surface area contributed by atoms with Crippen LogP contribution in [0.1, 0.15) is 59.9 Å². The van der Waals surface area contributed by atoms with Gasteiger partial charge >= 0.3 is 0 Å². The van der Waals surface area contributed by atoms with E-state index in [1.54, 1.807) is 0 Å². The van der Waals surface area contributed by atoms with Crippen molar-refractivity contribution < 1.29 is 9.90 Å². The van der Waals surface area contributed by atoms with E-state index in [0.717, 1.165) is 25.9 Å². The standard InChI is InChI=1S/C21H27N5O2/c27-18-17(25-10-4-1-5-11-25)15-6-2-3-7-16(15)21(18)8-12-26(13-9-21)20(28)19-22-14-23-24-19/h2-3,6-7,14,17-18,27H,1,4-5,8-13H2,(H,22,23,24)/t17-,18+/m1/s1. The molecular formula is C21H27N5O2. The number of carbonyl (C=O) groups is 1. The molecule has 1 aliphatic carbocycles. The Morgan fingerprint density at radius 1 is 1.11 bits per heavy atom. The lowest BCUT2D eigenvalue weighted by atomic mass is 9.72. The van der Waals surface area contributed by atoms with Gasteiger partial charge in [-0.3, -0.25) is 14.8 Å². The van der Waals surface area contributed by atoms with E-state index in [1.807, 2.05) is 4.90 Å². The molecule has 148 valence electrons. The van der Waals surface area contributed by atoms with Crippen molar-refractivity contribution in [3.63, 3.8) is 0 Å². The van der Waals surface area contributed by atoms with Crippen molar-refractivity contribution in [1.29, 1.82) is 0 Å². The quantitative estimate of drug-likeness (QED) is 0.830. The van der Waals surface area contributed by atoms with Crippen molar-refractivity contribution in [2.45, 2.75) is 49.7 Å². The first-order valence-corrected chi connectivity index (χ1v) is 10.4. The number of benzene rings is 1. The molecule has 1 amide bonds. The fraction of sp³-hybridized carbons (Fsp3) is 0.571. The number of aliphatic hydroxyl groups excluding tert-OH is 1. The van der Waals surface area contributed by atoms with Crippen LogP contribution in [0.5, 0.6) is 0 Å². The molecule has 1 aromatic carbocycles. The summed E-state index contributed by atoms with van der Waals surface area (Å²) in [5, 5.41) is 18.0. The number of aromatic nitrogens is 3. The van der Waals surface area contributed by atoms with Crippen molar-refractivity contribution in [2.75, 3.05) is 26.2 Å². The number of nitrogens with one attached hydrogen (secondary N) is 1. The van der Waals surface area contributed by atoms with Gasteiger partial charge in [-0.2, -0.15) is 5.10 Å². The molecule has 7 nitrogen and oxygen atoms in total. The topological polar surface area (TPSA) is 85.4 Å². The number of fused-ring (bicyclic) bond motifs is 2. The normalized spacial score (nSPS) is 27.1. The predicted octanol–water partition coefficient (Wildman–Crippen LogP) is 1.88. The lowest BCUT2D eigenvalue weighted by Crippen LogP contribution is -2.51. The van der Waals surface area contributed by atoms with E-state index in [0.29, 0.717) is 13.1 Å². The number of carbonyl (C=O) groups excluding carboxylic acids is 1. The number of likely N-dealkylation sites (tertiary alicyclic amines) is 2. The molecule has 28 heavy (non-hydrogen) atoms. The smallest absolute Gasteiger partial charge is 0.291 e. The molecule has 0 saturated carbocycles. The molecular weight excluding hydrogens is 354 g/mol. The monoisotopic (exact) mass is 381 g/mol. The highest BCUT2D eigenvalue weighted by Gasteiger charge is 2.54. The average Bonchev–Trinajstić information content (AvgIpc) is 3.36. The molecule has 2 aromatic rings. The first-order valence-electron chi connectivity index (χ1n) is 10.4. The fourth-order valence-electron chi connectivity index (χ4n) is 5.57. The maximum Gasteiger partial charge on any atom is 0.291 e. The van der Waals surface area contributed by atoms with E-state index >= 15 is 0 Å². The molecule has 1 aromatic heterocycles. The summed E-state index contributed by atoms with van der Waals surface area (Å²) in [5.41, 5.74) is 2.30. The number of piperidine rings is 2. The van der Waals surface area contributed by atoms with Crippen LogP contribution in [0.4, 0.5) is 0 Å². The molecule has 0 bridgehead atoms. The maximum atomic E-state index is 12.6. The second-order valence-electron chi connectivity index (χ2n) is 8.36. The van der Waals surface area contributed by atoms with Gasteiger partial charge in [0.05, 0.1) is 12.1 Å². The van der Waals surface area contributed by atoms with Crippen LogP contribution in [-0.4, -0.2) is 68.3 Å². The minimum Gasteiger partial charge on any atom is -0.390 e. The van der Waals surface area contributed by atoms with Crippen molar-refractivity contribution in [1.82, 2.24) is 25.0 Å². The number of H-pyrrole nitrogens is 1. The van der Waals surface area contributed by atoms with Gasteiger partial charge in [-0.05, 0) is 49.9 Å². The molecule has 2 saturated heterocycles. The molecule has 3 aliphatic rings. The SMILES string of the molecule is O=C(c1ncn[nH]1)N1CCC2(CC1)c1ccccc1[C@@H](N1CCCCC1)[C@@H]2O. The summed E-state index contributed by atoms with van der Waals surface area (Å²) in [6.45, 7) is 3.36. The largest absolute Gasteiger partial charge is 0.390 e. The van der Waals surface area contributed by atoms with Gasteiger partial charge in [0.2, 0.25) is 5.82 Å². The summed E-state index contributed by atoms with van der Waals surface area (Å²) in [4.78, 5) is 20.9. The van der Waals surface area contributed by atoms with Gasteiger partial charge in [0, 0.05) is 18.5 Å². The molecule has 0 unspecified atom stereocenters. The number of amides is 1. The van der Waals surface area contributed by atoms with Crippen LogP contribution >= 0.6 is 0 Å². The summed E-state index contributed by atoms with van der Waals surface area (Å²) < 4.78 is 0. The highest BCUT2D eigenvalue weighted by Crippen LogP contribution is 2.53. The van der Waals surface area contributed by atoms with Crippen LogP contribution in [0.15, 0.2) is 30.6 Å². The van der Waals surface area contributed by atoms with Crippen molar-refractivity contribution in [3.05, 3.63) is 47.5 Å². The number of rotatable bonds is 2. The van der Waals surface area contributed by atoms with Crippen LogP contribution in [0, 0.1) is 0 Å². The third-order valence-electron chi connectivity index (χ3n) is 7.03. The molecule has 2 aliphatic heterocycles. The van der Waals surface area contributed by atoms with Gasteiger partial charge in [0.15, 0.2) is 0 Å². The van der Waals surface area contributed by atoms with E-state index in [-0.39, 0.29) is 23.2 Å². The first kappa shape index (κ1) is 17.8. The van der Waals surface area contributed by atoms with E-state index in [1.165, 1.54) is 36.7 Å². The zero-order valence-corrected chi connectivity index (χ0v) is 16.0. The van der Waals surface area contributed by atoms with Gasteiger partial charge in [-0.1, -0.05) is 30.7 Å². The Morgan fingerprint density at radius 3 is 2.57 bits per heavy atom. The number of hydrogen-bond acceptors (Lipinski definition) is 5. The summed E-state index contributed by atoms with van der Waals surface area (Å²) in [6, 6.07) is 8.63.